The molecule has 0 aliphatic carbocycles. The van der Waals surface area contributed by atoms with Crippen molar-refractivity contribution >= 4 is 10.4 Å². The summed E-state index contributed by atoms with van der Waals surface area (Å²) in [5.74, 6) is 0. The molecule has 0 aliphatic rings. The predicted molar refractivity (Wildman–Crippen MR) is 43.2 cm³/mol. The Kier molecular flexibility index (Phi) is 9.82. The molecule has 0 saturated heterocycles. The quantitative estimate of drug-likeness (QED) is 0.392. The van der Waals surface area contributed by atoms with Crippen LogP contribution in [0.1, 0.15) is 0 Å². The van der Waals surface area contributed by atoms with Crippen LogP contribution in [-0.4, -0.2) is 55.1 Å². The number of hydrogen-bond acceptors (Lipinski definition) is 2. The van der Waals surface area contributed by atoms with Gasteiger partial charge in [-0.15, -0.1) is 0 Å². The molecule has 0 fully saturated rings. The van der Waals surface area contributed by atoms with E-state index >= 15 is 0 Å². The lowest BCUT2D eigenvalue weighted by Gasteiger charge is -1.90. The van der Waals surface area contributed by atoms with Gasteiger partial charge in [-0.3, -0.25) is 0 Å². The second-order valence-corrected chi connectivity index (χ2v) is 4.47. The van der Waals surface area contributed by atoms with Crippen molar-refractivity contribution in [3.05, 3.63) is 0 Å². The highest BCUT2D eigenvalue weighted by Crippen LogP contribution is 1.47. The largest absolute Gasteiger partial charge is 0.337 e. The molecular formula is C5H18N2Si. The van der Waals surface area contributed by atoms with E-state index in [4.69, 9.17) is 0 Å². The zero-order valence-electron chi connectivity index (χ0n) is 6.89. The number of hydrogen-bond donors (Lipinski definition) is 0. The molecule has 0 aromatic heterocycles. The van der Waals surface area contributed by atoms with Crippen LogP contribution in [0, 0.1) is 0 Å². The molecule has 0 amide bonds. The fraction of sp³-hybridized carbons (Fsp3) is 1.00. The van der Waals surface area contributed by atoms with E-state index in [0.717, 1.165) is 0 Å². The van der Waals surface area contributed by atoms with Gasteiger partial charge in [0.15, 0.2) is 0 Å². The minimum absolute atomic E-state index is 1.18. The van der Waals surface area contributed by atoms with Crippen LogP contribution in [0.5, 0.6) is 0 Å². The monoisotopic (exact) mass is 134 g/mol. The summed E-state index contributed by atoms with van der Waals surface area (Å²) < 4.78 is 2.14. The van der Waals surface area contributed by atoms with Crippen molar-refractivity contribution in [1.29, 1.82) is 0 Å². The van der Waals surface area contributed by atoms with Gasteiger partial charge in [0.25, 0.3) is 0 Å². The predicted octanol–water partition coefficient (Wildman–Crippen LogP) is -0.994. The molecule has 0 aromatic rings. The van der Waals surface area contributed by atoms with Gasteiger partial charge in [0.1, 0.15) is 0 Å². The average Bonchev–Trinajstić information content (AvgIpc) is 1.25. The maximum atomic E-state index is 2.14. The van der Waals surface area contributed by atoms with Crippen molar-refractivity contribution in [1.82, 2.24) is 9.47 Å². The molecule has 0 aromatic carbocycles. The van der Waals surface area contributed by atoms with E-state index in [1.165, 1.54) is 10.4 Å². The van der Waals surface area contributed by atoms with E-state index in [1.807, 2.05) is 26.0 Å². The normalized spacial score (nSPS) is 9.38. The van der Waals surface area contributed by atoms with Crippen molar-refractivity contribution < 1.29 is 0 Å². The summed E-state index contributed by atoms with van der Waals surface area (Å²) >= 11 is 0. The van der Waals surface area contributed by atoms with E-state index in [-0.39, 0.29) is 0 Å². The van der Waals surface area contributed by atoms with Gasteiger partial charge in [0, 0.05) is 0 Å². The maximum Gasteiger partial charge on any atom is 0.0777 e. The SMILES string of the molecule is CN(C)C.CN(C)[SiH3]. The first-order chi connectivity index (χ1) is 3.46. The van der Waals surface area contributed by atoms with Crippen LogP contribution in [0.2, 0.25) is 0 Å². The zero-order valence-corrected chi connectivity index (χ0v) is 8.89. The van der Waals surface area contributed by atoms with E-state index in [1.54, 1.807) is 0 Å². The minimum Gasteiger partial charge on any atom is -0.337 e. The number of rotatable bonds is 0. The first-order valence-corrected chi connectivity index (χ1v) is 3.58. The lowest BCUT2D eigenvalue weighted by Crippen LogP contribution is -2.02. The van der Waals surface area contributed by atoms with Crippen molar-refractivity contribution in [2.45, 2.75) is 0 Å². The van der Waals surface area contributed by atoms with E-state index < -0.39 is 0 Å². The van der Waals surface area contributed by atoms with Crippen LogP contribution in [0.4, 0.5) is 0 Å². The summed E-state index contributed by atoms with van der Waals surface area (Å²) in [6, 6.07) is 0. The molecule has 3 heteroatoms. The molecule has 0 saturated carbocycles. The fourth-order valence-corrected chi connectivity index (χ4v) is 0. The molecule has 0 heterocycles. The van der Waals surface area contributed by atoms with E-state index in [9.17, 15) is 0 Å². The molecule has 0 N–H and O–H groups in total. The van der Waals surface area contributed by atoms with Gasteiger partial charge in [-0.2, -0.15) is 0 Å². The Morgan fingerprint density at radius 1 is 0.875 bits per heavy atom. The first kappa shape index (κ1) is 11.0. The Morgan fingerprint density at radius 3 is 0.875 bits per heavy atom. The summed E-state index contributed by atoms with van der Waals surface area (Å²) in [6.07, 6.45) is 0. The molecule has 0 radical (unpaired) electrons. The molecular weight excluding hydrogens is 116 g/mol. The van der Waals surface area contributed by atoms with E-state index in [2.05, 4.69) is 18.7 Å². The van der Waals surface area contributed by atoms with Crippen LogP contribution in [0.15, 0.2) is 0 Å². The highest BCUT2D eigenvalue weighted by atomic mass is 28.2. The van der Waals surface area contributed by atoms with Gasteiger partial charge in [-0.05, 0) is 35.2 Å². The highest BCUT2D eigenvalue weighted by Gasteiger charge is 1.58. The molecule has 0 bridgehead atoms. The number of nitrogens with zero attached hydrogens (tertiary/aromatic N) is 2. The third-order valence-electron chi connectivity index (χ3n) is 0. The van der Waals surface area contributed by atoms with Gasteiger partial charge < -0.3 is 9.47 Å². The molecule has 52 valence electrons. The van der Waals surface area contributed by atoms with Crippen LogP contribution in [0.3, 0.4) is 0 Å². The van der Waals surface area contributed by atoms with Crippen molar-refractivity contribution in [3.63, 3.8) is 0 Å². The lowest BCUT2D eigenvalue weighted by atomic mass is 11.0. The smallest absolute Gasteiger partial charge is 0.0777 e. The first-order valence-electron chi connectivity index (χ1n) is 2.68. The average molecular weight is 134 g/mol. The van der Waals surface area contributed by atoms with Gasteiger partial charge in [-0.25, -0.2) is 0 Å². The molecule has 0 atom stereocenters. The van der Waals surface area contributed by atoms with Crippen LogP contribution < -0.4 is 0 Å². The standard InChI is InChI=1S/C3H9N.C2H9NSi/c1-4(2)3;1-3(2)4/h1-3H3;1-2,4H3. The van der Waals surface area contributed by atoms with Gasteiger partial charge in [0.2, 0.25) is 0 Å². The summed E-state index contributed by atoms with van der Waals surface area (Å²) in [5, 5.41) is 0. The maximum absolute atomic E-state index is 2.14. The molecule has 0 rings (SSSR count). The summed E-state index contributed by atoms with van der Waals surface area (Å²) in [7, 11) is 11.3. The van der Waals surface area contributed by atoms with E-state index in [0.29, 0.717) is 0 Å². The Labute approximate surface area is 56.0 Å². The Hall–Kier alpha value is 0.137. The third-order valence-corrected chi connectivity index (χ3v) is 0. The van der Waals surface area contributed by atoms with Crippen molar-refractivity contribution in [2.75, 3.05) is 35.2 Å². The second kappa shape index (κ2) is 7.14. The molecule has 2 nitrogen and oxygen atoms in total. The molecule has 8 heavy (non-hydrogen) atoms. The van der Waals surface area contributed by atoms with Crippen LogP contribution >= 0.6 is 0 Å². The van der Waals surface area contributed by atoms with Crippen molar-refractivity contribution in [2.24, 2.45) is 0 Å². The van der Waals surface area contributed by atoms with Crippen LogP contribution in [0.25, 0.3) is 0 Å². The Bertz CT molecular complexity index is 25.9. The van der Waals surface area contributed by atoms with Crippen molar-refractivity contribution in [3.8, 4) is 0 Å². The van der Waals surface area contributed by atoms with Gasteiger partial charge in [0.05, 0.1) is 10.4 Å². The minimum atomic E-state index is 1.18. The van der Waals surface area contributed by atoms with Gasteiger partial charge >= 0.3 is 0 Å². The highest BCUT2D eigenvalue weighted by molar-refractivity contribution is 6.03. The lowest BCUT2D eigenvalue weighted by molar-refractivity contribution is 0.505. The second-order valence-electron chi connectivity index (χ2n) is 2.68. The Balaban J connectivity index is 0. The van der Waals surface area contributed by atoms with Gasteiger partial charge in [-0.1, -0.05) is 0 Å². The molecule has 0 spiro atoms. The summed E-state index contributed by atoms with van der Waals surface area (Å²) in [5.41, 5.74) is 0. The molecule has 0 unspecified atom stereocenters. The van der Waals surface area contributed by atoms with Crippen LogP contribution in [-0.2, 0) is 0 Å². The third kappa shape index (κ3) is 8640. The zero-order chi connectivity index (χ0) is 7.15. The topological polar surface area (TPSA) is 6.48 Å². The Morgan fingerprint density at radius 2 is 0.875 bits per heavy atom. The molecule has 0 aliphatic heterocycles. The summed E-state index contributed by atoms with van der Waals surface area (Å²) in [6.45, 7) is 0. The fourth-order valence-electron chi connectivity index (χ4n) is 0. The summed E-state index contributed by atoms with van der Waals surface area (Å²) in [4.78, 5) is 2.00.